The number of thiazole rings is 1. The smallest absolute Gasteiger partial charge is 0.317 e. The molecule has 1 unspecified atom stereocenters. The molecule has 0 fully saturated rings. The summed E-state index contributed by atoms with van der Waals surface area (Å²) in [5, 5.41) is 6.00. The number of amides is 2. The van der Waals surface area contributed by atoms with Crippen molar-refractivity contribution in [3.63, 3.8) is 0 Å². The highest BCUT2D eigenvalue weighted by molar-refractivity contribution is 7.09. The van der Waals surface area contributed by atoms with Crippen LogP contribution in [0.2, 0.25) is 0 Å². The predicted molar refractivity (Wildman–Crippen MR) is 97.5 cm³/mol. The van der Waals surface area contributed by atoms with E-state index in [9.17, 15) is 4.79 Å². The number of carbonyl (C=O) groups excluding carboxylic acids is 1. The van der Waals surface area contributed by atoms with Crippen molar-refractivity contribution in [2.24, 2.45) is 0 Å². The highest BCUT2D eigenvalue weighted by Gasteiger charge is 2.15. The van der Waals surface area contributed by atoms with Crippen LogP contribution in [0.3, 0.4) is 0 Å². The van der Waals surface area contributed by atoms with Crippen molar-refractivity contribution in [3.05, 3.63) is 45.9 Å². The van der Waals surface area contributed by atoms with Crippen LogP contribution in [0.5, 0.6) is 5.75 Å². The highest BCUT2D eigenvalue weighted by Crippen LogP contribution is 2.20. The van der Waals surface area contributed by atoms with Gasteiger partial charge in [0.15, 0.2) is 0 Å². The van der Waals surface area contributed by atoms with Crippen molar-refractivity contribution in [2.45, 2.75) is 46.4 Å². The SMILES string of the molecule is Cc1nc(CN(C)C(=O)NC(C)c2cccc(OC(C)C)c2)cs1. The monoisotopic (exact) mass is 347 g/mol. The van der Waals surface area contributed by atoms with Crippen molar-refractivity contribution in [1.82, 2.24) is 15.2 Å². The molecular formula is C18H25N3O2S. The molecule has 130 valence electrons. The van der Waals surface area contributed by atoms with Crippen LogP contribution in [0.25, 0.3) is 0 Å². The molecule has 1 aromatic heterocycles. The Kier molecular flexibility index (Phi) is 6.20. The van der Waals surface area contributed by atoms with Crippen LogP contribution < -0.4 is 10.1 Å². The van der Waals surface area contributed by atoms with Crippen molar-refractivity contribution < 1.29 is 9.53 Å². The second kappa shape index (κ2) is 8.15. The summed E-state index contributed by atoms with van der Waals surface area (Å²) < 4.78 is 5.71. The first-order chi connectivity index (χ1) is 11.3. The summed E-state index contributed by atoms with van der Waals surface area (Å²) in [5.74, 6) is 0.815. The maximum Gasteiger partial charge on any atom is 0.317 e. The van der Waals surface area contributed by atoms with Crippen LogP contribution in [-0.4, -0.2) is 29.1 Å². The van der Waals surface area contributed by atoms with Gasteiger partial charge < -0.3 is 15.0 Å². The molecule has 0 radical (unpaired) electrons. The van der Waals surface area contributed by atoms with Gasteiger partial charge in [-0.25, -0.2) is 9.78 Å². The Balaban J connectivity index is 1.95. The van der Waals surface area contributed by atoms with E-state index in [1.807, 2.05) is 57.3 Å². The lowest BCUT2D eigenvalue weighted by Crippen LogP contribution is -2.38. The van der Waals surface area contributed by atoms with E-state index in [2.05, 4.69) is 10.3 Å². The van der Waals surface area contributed by atoms with Gasteiger partial charge in [0.2, 0.25) is 0 Å². The minimum atomic E-state index is -0.122. The summed E-state index contributed by atoms with van der Waals surface area (Å²) in [6.07, 6.45) is 0.123. The Morgan fingerprint density at radius 2 is 2.12 bits per heavy atom. The molecule has 1 heterocycles. The lowest BCUT2D eigenvalue weighted by atomic mass is 10.1. The number of rotatable bonds is 6. The van der Waals surface area contributed by atoms with Crippen molar-refractivity contribution in [2.75, 3.05) is 7.05 Å². The summed E-state index contributed by atoms with van der Waals surface area (Å²) >= 11 is 1.59. The lowest BCUT2D eigenvalue weighted by molar-refractivity contribution is 0.203. The molecule has 5 nitrogen and oxygen atoms in total. The first kappa shape index (κ1) is 18.3. The van der Waals surface area contributed by atoms with E-state index in [1.54, 1.807) is 23.3 Å². The van der Waals surface area contributed by atoms with E-state index >= 15 is 0 Å². The van der Waals surface area contributed by atoms with Crippen LogP contribution in [0, 0.1) is 6.92 Å². The first-order valence-corrected chi connectivity index (χ1v) is 8.92. The van der Waals surface area contributed by atoms with Crippen molar-refractivity contribution in [1.29, 1.82) is 0 Å². The number of hydrogen-bond donors (Lipinski definition) is 1. The van der Waals surface area contributed by atoms with Crippen molar-refractivity contribution in [3.8, 4) is 5.75 Å². The molecule has 0 aliphatic carbocycles. The number of benzene rings is 1. The second-order valence-corrected chi connectivity index (χ2v) is 7.19. The number of carbonyl (C=O) groups is 1. The molecule has 0 aliphatic heterocycles. The van der Waals surface area contributed by atoms with Gasteiger partial charge in [0.05, 0.1) is 29.4 Å². The minimum absolute atomic E-state index is 0.104. The highest BCUT2D eigenvalue weighted by atomic mass is 32.1. The molecule has 1 aromatic carbocycles. The predicted octanol–water partition coefficient (Wildman–Crippen LogP) is 4.14. The normalized spacial score (nSPS) is 12.1. The molecule has 0 bridgehead atoms. The van der Waals surface area contributed by atoms with Gasteiger partial charge in [0.1, 0.15) is 5.75 Å². The van der Waals surface area contributed by atoms with Crippen LogP contribution in [-0.2, 0) is 6.54 Å². The molecule has 2 rings (SSSR count). The number of ether oxygens (including phenoxy) is 1. The number of aromatic nitrogens is 1. The van der Waals surface area contributed by atoms with Gasteiger partial charge in [0, 0.05) is 12.4 Å². The average molecular weight is 347 g/mol. The number of urea groups is 1. The number of hydrogen-bond acceptors (Lipinski definition) is 4. The number of aryl methyl sites for hydroxylation is 1. The second-order valence-electron chi connectivity index (χ2n) is 6.12. The van der Waals surface area contributed by atoms with E-state index < -0.39 is 0 Å². The number of nitrogens with zero attached hydrogens (tertiary/aromatic N) is 2. The zero-order valence-electron chi connectivity index (χ0n) is 14.9. The van der Waals surface area contributed by atoms with Gasteiger partial charge in [-0.1, -0.05) is 12.1 Å². The molecule has 0 spiro atoms. The Hall–Kier alpha value is -2.08. The third-order valence-corrected chi connectivity index (χ3v) is 4.30. The summed E-state index contributed by atoms with van der Waals surface area (Å²) in [6.45, 7) is 8.41. The molecule has 6 heteroatoms. The third-order valence-electron chi connectivity index (χ3n) is 3.48. The Bertz CT molecular complexity index is 684. The summed E-state index contributed by atoms with van der Waals surface area (Å²) in [7, 11) is 1.77. The largest absolute Gasteiger partial charge is 0.491 e. The topological polar surface area (TPSA) is 54.5 Å². The standard InChI is InChI=1S/C18H25N3O2S/c1-12(2)23-17-8-6-7-15(9-17)13(3)19-18(22)21(5)10-16-11-24-14(4)20-16/h6-9,11-13H,10H2,1-5H3,(H,19,22). The lowest BCUT2D eigenvalue weighted by Gasteiger charge is -2.21. The fourth-order valence-electron chi connectivity index (χ4n) is 2.30. The number of nitrogens with one attached hydrogen (secondary N) is 1. The van der Waals surface area contributed by atoms with Gasteiger partial charge in [-0.3, -0.25) is 0 Å². The molecule has 0 saturated heterocycles. The van der Waals surface area contributed by atoms with E-state index in [4.69, 9.17) is 4.74 Å². The first-order valence-electron chi connectivity index (χ1n) is 8.04. The maximum absolute atomic E-state index is 12.4. The van der Waals surface area contributed by atoms with Crippen LogP contribution in [0.1, 0.15) is 43.1 Å². The minimum Gasteiger partial charge on any atom is -0.491 e. The van der Waals surface area contributed by atoms with Crippen LogP contribution in [0.15, 0.2) is 29.6 Å². The zero-order chi connectivity index (χ0) is 17.7. The van der Waals surface area contributed by atoms with Crippen molar-refractivity contribution >= 4 is 17.4 Å². The molecule has 1 atom stereocenters. The summed E-state index contributed by atoms with van der Waals surface area (Å²) in [6, 6.07) is 7.60. The van der Waals surface area contributed by atoms with E-state index in [-0.39, 0.29) is 18.2 Å². The fraction of sp³-hybridized carbons (Fsp3) is 0.444. The Morgan fingerprint density at radius 3 is 2.75 bits per heavy atom. The maximum atomic E-state index is 12.4. The molecule has 2 amide bonds. The molecule has 0 aliphatic rings. The van der Waals surface area contributed by atoms with Crippen LogP contribution >= 0.6 is 11.3 Å². The van der Waals surface area contributed by atoms with Gasteiger partial charge in [-0.2, -0.15) is 0 Å². The van der Waals surface area contributed by atoms with Gasteiger partial charge in [-0.15, -0.1) is 11.3 Å². The van der Waals surface area contributed by atoms with E-state index in [1.165, 1.54) is 0 Å². The van der Waals surface area contributed by atoms with Crippen LogP contribution in [0.4, 0.5) is 4.79 Å². The van der Waals surface area contributed by atoms with Gasteiger partial charge in [0.25, 0.3) is 0 Å². The molecule has 2 aromatic rings. The Labute approximate surface area is 147 Å². The van der Waals surface area contributed by atoms with E-state index in [0.717, 1.165) is 22.0 Å². The van der Waals surface area contributed by atoms with E-state index in [0.29, 0.717) is 6.54 Å². The van der Waals surface area contributed by atoms with Gasteiger partial charge in [-0.05, 0) is 45.4 Å². The quantitative estimate of drug-likeness (QED) is 0.854. The molecule has 0 saturated carbocycles. The van der Waals surface area contributed by atoms with Gasteiger partial charge >= 0.3 is 6.03 Å². The summed E-state index contributed by atoms with van der Waals surface area (Å²) in [4.78, 5) is 18.4. The Morgan fingerprint density at radius 1 is 1.38 bits per heavy atom. The third kappa shape index (κ3) is 5.23. The summed E-state index contributed by atoms with van der Waals surface area (Å²) in [5.41, 5.74) is 1.93. The fourth-order valence-corrected chi connectivity index (χ4v) is 2.91. The zero-order valence-corrected chi connectivity index (χ0v) is 15.7. The molecular weight excluding hydrogens is 322 g/mol. The average Bonchev–Trinajstić information content (AvgIpc) is 2.91. The molecule has 24 heavy (non-hydrogen) atoms. The molecule has 1 N–H and O–H groups in total.